The average molecular weight is 590 g/mol. The van der Waals surface area contributed by atoms with Crippen molar-refractivity contribution in [1.82, 2.24) is 4.90 Å². The summed E-state index contributed by atoms with van der Waals surface area (Å²) in [6.45, 7) is 13.2. The zero-order valence-corrected chi connectivity index (χ0v) is 26.7. The summed E-state index contributed by atoms with van der Waals surface area (Å²) >= 11 is 0. The number of carbonyl (C=O) groups is 2. The van der Waals surface area contributed by atoms with Crippen molar-refractivity contribution in [3.63, 3.8) is 0 Å². The number of aliphatic hydroxyl groups is 4. The van der Waals surface area contributed by atoms with E-state index >= 15 is 0 Å². The Labute approximate surface area is 245 Å². The number of cyclic esters (lactones) is 1. The number of methoxy groups -OCH3 is 1. The van der Waals surface area contributed by atoms with E-state index in [9.17, 15) is 30.0 Å². The maximum absolute atomic E-state index is 13.6. The Bertz CT molecular complexity index is 883. The minimum Gasteiger partial charge on any atom is -0.459 e. The SMILES string of the molecule is CCC1OC(=O)C(C)C(O)C(C)C(OC2OC(C)CC(N(C)C)C2O)C(C)(OC)CC(C)C(=O)C(C)C(O)C1(C)O. The number of hydrogen-bond acceptors (Lipinski definition) is 11. The number of ketones is 1. The fraction of sp³-hybridized carbons (Fsp3) is 0.933. The molecule has 0 aromatic rings. The van der Waals surface area contributed by atoms with Gasteiger partial charge < -0.3 is 44.3 Å². The molecule has 14 atom stereocenters. The summed E-state index contributed by atoms with van der Waals surface area (Å²) in [7, 11) is 5.21. The summed E-state index contributed by atoms with van der Waals surface area (Å²) in [5, 5.41) is 45.1. The molecule has 2 rings (SSSR count). The normalized spacial score (nSPS) is 47.6. The Hall–Kier alpha value is -1.18. The first kappa shape index (κ1) is 36.0. The highest BCUT2D eigenvalue weighted by atomic mass is 16.7. The number of hydrogen-bond donors (Lipinski definition) is 4. The van der Waals surface area contributed by atoms with Gasteiger partial charge in [0.15, 0.2) is 6.29 Å². The Morgan fingerprint density at radius 3 is 2.10 bits per heavy atom. The lowest BCUT2D eigenvalue weighted by molar-refractivity contribution is -0.301. The van der Waals surface area contributed by atoms with E-state index in [-0.39, 0.29) is 30.8 Å². The predicted molar refractivity (Wildman–Crippen MR) is 152 cm³/mol. The van der Waals surface area contributed by atoms with Crippen molar-refractivity contribution in [3.05, 3.63) is 0 Å². The number of carbonyl (C=O) groups excluding carboxylic acids is 2. The molecule has 0 aromatic heterocycles. The molecular formula is C30H55NO10. The van der Waals surface area contributed by atoms with Crippen LogP contribution in [0.5, 0.6) is 0 Å². The first-order valence-electron chi connectivity index (χ1n) is 14.9. The Morgan fingerprint density at radius 2 is 1.59 bits per heavy atom. The van der Waals surface area contributed by atoms with E-state index in [1.54, 1.807) is 34.6 Å². The minimum atomic E-state index is -1.91. The molecule has 0 spiro atoms. The zero-order valence-electron chi connectivity index (χ0n) is 26.7. The number of aliphatic hydroxyl groups excluding tert-OH is 3. The third-order valence-corrected chi connectivity index (χ3v) is 9.52. The largest absolute Gasteiger partial charge is 0.459 e. The van der Waals surface area contributed by atoms with Crippen LogP contribution in [0, 0.1) is 23.7 Å². The van der Waals surface area contributed by atoms with Crippen LogP contribution >= 0.6 is 0 Å². The van der Waals surface area contributed by atoms with Gasteiger partial charge in [0.1, 0.15) is 23.6 Å². The Kier molecular flexibility index (Phi) is 12.4. The van der Waals surface area contributed by atoms with Crippen LogP contribution in [0.25, 0.3) is 0 Å². The van der Waals surface area contributed by atoms with E-state index in [0.29, 0.717) is 6.42 Å². The third-order valence-electron chi connectivity index (χ3n) is 9.52. The van der Waals surface area contributed by atoms with Crippen LogP contribution < -0.4 is 0 Å². The molecule has 2 heterocycles. The standard InChI is InChI=1S/C30H55NO10/c1-12-21-30(8,37)25(35)17(4)22(32)15(2)14-29(7,38-11)26(18(5)23(33)19(6)27(36)40-21)41-28-24(34)20(31(9)10)13-16(3)39-28/h15-21,23-26,28,33-35,37H,12-14H2,1-11H3. The van der Waals surface area contributed by atoms with Gasteiger partial charge in [0.25, 0.3) is 0 Å². The lowest BCUT2D eigenvalue weighted by atomic mass is 9.74. The second-order valence-corrected chi connectivity index (χ2v) is 13.1. The minimum absolute atomic E-state index is 0.134. The van der Waals surface area contributed by atoms with Gasteiger partial charge in [-0.15, -0.1) is 0 Å². The maximum atomic E-state index is 13.6. The lowest BCUT2D eigenvalue weighted by Crippen LogP contribution is -2.60. The van der Waals surface area contributed by atoms with Crippen molar-refractivity contribution in [2.75, 3.05) is 21.2 Å². The summed E-state index contributed by atoms with van der Waals surface area (Å²) in [5.74, 6) is -4.49. The molecule has 41 heavy (non-hydrogen) atoms. The van der Waals surface area contributed by atoms with E-state index in [1.807, 2.05) is 25.9 Å². The van der Waals surface area contributed by atoms with Gasteiger partial charge >= 0.3 is 5.97 Å². The molecule has 4 N–H and O–H groups in total. The summed E-state index contributed by atoms with van der Waals surface area (Å²) in [6, 6.07) is -0.244. The molecule has 2 saturated heterocycles. The van der Waals surface area contributed by atoms with Gasteiger partial charge in [-0.3, -0.25) is 9.59 Å². The van der Waals surface area contributed by atoms with Crippen LogP contribution in [-0.4, -0.2) is 118 Å². The Morgan fingerprint density at radius 1 is 1.00 bits per heavy atom. The predicted octanol–water partition coefficient (Wildman–Crippen LogP) is 1.51. The molecule has 2 fully saturated rings. The third kappa shape index (κ3) is 7.67. The first-order valence-corrected chi connectivity index (χ1v) is 14.9. The fourth-order valence-electron chi connectivity index (χ4n) is 6.59. The highest BCUT2D eigenvalue weighted by Gasteiger charge is 2.51. The first-order chi connectivity index (χ1) is 18.8. The van der Waals surface area contributed by atoms with Crippen LogP contribution in [0.1, 0.15) is 74.7 Å². The number of ether oxygens (including phenoxy) is 4. The van der Waals surface area contributed by atoms with Crippen LogP contribution in [0.3, 0.4) is 0 Å². The van der Waals surface area contributed by atoms with Crippen molar-refractivity contribution in [1.29, 1.82) is 0 Å². The molecule has 0 radical (unpaired) electrons. The van der Waals surface area contributed by atoms with Crippen molar-refractivity contribution < 1.29 is 49.0 Å². The smallest absolute Gasteiger partial charge is 0.311 e. The number of rotatable bonds is 5. The van der Waals surface area contributed by atoms with Gasteiger partial charge in [-0.25, -0.2) is 0 Å². The van der Waals surface area contributed by atoms with Crippen LogP contribution in [-0.2, 0) is 28.5 Å². The van der Waals surface area contributed by atoms with E-state index in [0.717, 1.165) is 0 Å². The fourth-order valence-corrected chi connectivity index (χ4v) is 6.59. The molecule has 0 aromatic carbocycles. The molecule has 0 bridgehead atoms. The van der Waals surface area contributed by atoms with E-state index in [2.05, 4.69) is 0 Å². The van der Waals surface area contributed by atoms with Gasteiger partial charge in [-0.05, 0) is 61.1 Å². The lowest BCUT2D eigenvalue weighted by Gasteiger charge is -2.48. The highest BCUT2D eigenvalue weighted by Crippen LogP contribution is 2.39. The van der Waals surface area contributed by atoms with Crippen LogP contribution in [0.2, 0.25) is 0 Å². The number of esters is 1. The molecule has 2 aliphatic rings. The van der Waals surface area contributed by atoms with E-state index in [4.69, 9.17) is 18.9 Å². The molecular weight excluding hydrogens is 534 g/mol. The van der Waals surface area contributed by atoms with Crippen LogP contribution in [0.15, 0.2) is 0 Å². The molecule has 0 amide bonds. The monoisotopic (exact) mass is 589 g/mol. The van der Waals surface area contributed by atoms with Crippen molar-refractivity contribution in [3.8, 4) is 0 Å². The summed E-state index contributed by atoms with van der Waals surface area (Å²) in [6.07, 6.45) is -6.25. The molecule has 0 saturated carbocycles. The van der Waals surface area contributed by atoms with Crippen LogP contribution in [0.4, 0.5) is 0 Å². The topological polar surface area (TPSA) is 155 Å². The molecule has 2 aliphatic heterocycles. The molecule has 11 heteroatoms. The average Bonchev–Trinajstić information content (AvgIpc) is 2.92. The Balaban J connectivity index is 2.60. The second kappa shape index (κ2) is 14.1. The molecule has 240 valence electrons. The van der Waals surface area contributed by atoms with Gasteiger partial charge in [-0.1, -0.05) is 27.7 Å². The van der Waals surface area contributed by atoms with E-state index in [1.165, 1.54) is 21.0 Å². The quantitative estimate of drug-likeness (QED) is 0.345. The molecule has 14 unspecified atom stereocenters. The highest BCUT2D eigenvalue weighted by molar-refractivity contribution is 5.83. The van der Waals surface area contributed by atoms with Gasteiger partial charge in [0, 0.05) is 30.9 Å². The van der Waals surface area contributed by atoms with E-state index < -0.39 is 77.7 Å². The summed E-state index contributed by atoms with van der Waals surface area (Å²) in [5.41, 5.74) is -3.11. The second-order valence-electron chi connectivity index (χ2n) is 13.1. The van der Waals surface area contributed by atoms with Gasteiger partial charge in [0.05, 0.1) is 35.9 Å². The van der Waals surface area contributed by atoms with Crippen molar-refractivity contribution >= 4 is 11.8 Å². The zero-order chi connectivity index (χ0) is 31.6. The van der Waals surface area contributed by atoms with Crippen molar-refractivity contribution in [2.24, 2.45) is 23.7 Å². The molecule has 11 nitrogen and oxygen atoms in total. The number of likely N-dealkylation sites (N-methyl/N-ethyl adjacent to an activating group) is 1. The maximum Gasteiger partial charge on any atom is 0.311 e. The summed E-state index contributed by atoms with van der Waals surface area (Å²) < 4.78 is 24.2. The van der Waals surface area contributed by atoms with Gasteiger partial charge in [-0.2, -0.15) is 0 Å². The molecule has 0 aliphatic carbocycles. The summed E-state index contributed by atoms with van der Waals surface area (Å²) in [4.78, 5) is 28.8. The number of nitrogens with zero attached hydrogens (tertiary/aromatic N) is 1. The van der Waals surface area contributed by atoms with Crippen molar-refractivity contribution in [2.45, 2.75) is 135 Å². The number of Topliss-reactive ketones (excluding diaryl/α,β-unsaturated/α-hetero) is 1. The van der Waals surface area contributed by atoms with Gasteiger partial charge in [0.2, 0.25) is 0 Å².